The molecule has 0 atom stereocenters. The first-order valence-electron chi connectivity index (χ1n) is 8.84. The minimum atomic E-state index is -0.440. The number of halogens is 2. The summed E-state index contributed by atoms with van der Waals surface area (Å²) in [6.07, 6.45) is 5.74. The summed E-state index contributed by atoms with van der Waals surface area (Å²) in [7, 11) is 0. The number of hydrogen-bond donors (Lipinski definition) is 1. The minimum absolute atomic E-state index is 0.266. The fraction of sp³-hybridized carbons (Fsp3) is 0.263. The van der Waals surface area contributed by atoms with Crippen LogP contribution in [0.4, 0.5) is 26.0 Å². The first kappa shape index (κ1) is 16.4. The highest BCUT2D eigenvalue weighted by Crippen LogP contribution is 2.35. The van der Waals surface area contributed by atoms with Gasteiger partial charge in [-0.15, -0.1) is 0 Å². The molecule has 4 aromatic rings. The lowest BCUT2D eigenvalue weighted by atomic mass is 10.2. The van der Waals surface area contributed by atoms with Crippen LogP contribution in [-0.4, -0.2) is 26.8 Å². The monoisotopic (exact) mass is 385 g/mol. The maximum atomic E-state index is 14.8. The number of aromatic nitrogens is 3. The van der Waals surface area contributed by atoms with Crippen molar-refractivity contribution in [3.05, 3.63) is 47.9 Å². The van der Waals surface area contributed by atoms with E-state index in [4.69, 9.17) is 0 Å². The van der Waals surface area contributed by atoms with Crippen LogP contribution in [0, 0.1) is 18.6 Å². The van der Waals surface area contributed by atoms with Gasteiger partial charge in [-0.1, -0.05) is 0 Å². The topological polar surface area (TPSA) is 45.5 Å². The van der Waals surface area contributed by atoms with E-state index in [2.05, 4.69) is 19.6 Å². The van der Waals surface area contributed by atoms with E-state index in [0.717, 1.165) is 42.0 Å². The molecule has 27 heavy (non-hydrogen) atoms. The molecule has 0 aliphatic carbocycles. The molecule has 0 bridgehead atoms. The van der Waals surface area contributed by atoms with Crippen molar-refractivity contribution in [2.75, 3.05) is 23.3 Å². The fourth-order valence-corrected chi connectivity index (χ4v) is 4.42. The number of aryl methyl sites for hydroxylation is 1. The van der Waals surface area contributed by atoms with Crippen molar-refractivity contribution in [2.45, 2.75) is 19.8 Å². The molecular weight excluding hydrogens is 368 g/mol. The third-order valence-electron chi connectivity index (χ3n) is 4.87. The zero-order valence-corrected chi connectivity index (χ0v) is 15.5. The molecule has 138 valence electrons. The molecule has 1 N–H and O–H groups in total. The van der Waals surface area contributed by atoms with Gasteiger partial charge in [0.2, 0.25) is 0 Å². The largest absolute Gasteiger partial charge is 0.371 e. The number of fused-ring (bicyclic) bond motifs is 2. The summed E-state index contributed by atoms with van der Waals surface area (Å²) in [4.78, 5) is 6.34. The van der Waals surface area contributed by atoms with Crippen LogP contribution in [0.25, 0.3) is 15.7 Å². The number of nitrogens with one attached hydrogen (secondary N) is 1. The number of benzene rings is 1. The second-order valence-electron chi connectivity index (χ2n) is 6.84. The Bertz CT molecular complexity index is 1160. The maximum absolute atomic E-state index is 14.8. The van der Waals surface area contributed by atoms with Gasteiger partial charge in [0.25, 0.3) is 0 Å². The van der Waals surface area contributed by atoms with E-state index in [1.807, 2.05) is 6.07 Å². The van der Waals surface area contributed by atoms with E-state index >= 15 is 0 Å². The van der Waals surface area contributed by atoms with Gasteiger partial charge >= 0.3 is 0 Å². The summed E-state index contributed by atoms with van der Waals surface area (Å²) < 4.78 is 35.9. The van der Waals surface area contributed by atoms with E-state index < -0.39 is 5.82 Å². The molecule has 1 fully saturated rings. The highest BCUT2D eigenvalue weighted by Gasteiger charge is 2.18. The third kappa shape index (κ3) is 2.80. The van der Waals surface area contributed by atoms with Crippen LogP contribution in [0.15, 0.2) is 30.6 Å². The van der Waals surface area contributed by atoms with Gasteiger partial charge in [-0.2, -0.15) is 4.37 Å². The van der Waals surface area contributed by atoms with E-state index in [0.29, 0.717) is 16.9 Å². The highest BCUT2D eigenvalue weighted by molar-refractivity contribution is 7.13. The zero-order chi connectivity index (χ0) is 18.5. The number of imidazole rings is 1. The third-order valence-corrected chi connectivity index (χ3v) is 5.66. The molecule has 5 nitrogen and oxygen atoms in total. The fourth-order valence-electron chi connectivity index (χ4n) is 3.64. The van der Waals surface area contributed by atoms with Gasteiger partial charge in [0.15, 0.2) is 17.3 Å². The Balaban J connectivity index is 1.53. The Morgan fingerprint density at radius 3 is 2.70 bits per heavy atom. The van der Waals surface area contributed by atoms with E-state index in [9.17, 15) is 8.78 Å². The lowest BCUT2D eigenvalue weighted by Crippen LogP contribution is -2.17. The predicted molar refractivity (Wildman–Crippen MR) is 104 cm³/mol. The quantitative estimate of drug-likeness (QED) is 0.546. The minimum Gasteiger partial charge on any atom is -0.371 e. The highest BCUT2D eigenvalue weighted by atomic mass is 32.1. The lowest BCUT2D eigenvalue weighted by molar-refractivity contribution is 0.630. The smallest absolute Gasteiger partial charge is 0.173 e. The van der Waals surface area contributed by atoms with Crippen LogP contribution in [-0.2, 0) is 0 Å². The summed E-state index contributed by atoms with van der Waals surface area (Å²) in [6.45, 7) is 3.72. The van der Waals surface area contributed by atoms with Crippen LogP contribution >= 0.6 is 11.5 Å². The second-order valence-corrected chi connectivity index (χ2v) is 7.65. The number of anilines is 3. The summed E-state index contributed by atoms with van der Waals surface area (Å²) in [5, 5.41) is 3.49. The Morgan fingerprint density at radius 2 is 1.89 bits per heavy atom. The number of pyridine rings is 1. The molecule has 0 spiro atoms. The van der Waals surface area contributed by atoms with Crippen LogP contribution in [0.2, 0.25) is 0 Å². The summed E-state index contributed by atoms with van der Waals surface area (Å²) in [5.41, 5.74) is 2.38. The summed E-state index contributed by atoms with van der Waals surface area (Å²) >= 11 is 1.24. The average molecular weight is 385 g/mol. The Kier molecular flexibility index (Phi) is 3.75. The van der Waals surface area contributed by atoms with E-state index in [1.165, 1.54) is 17.6 Å². The molecule has 0 unspecified atom stereocenters. The molecule has 0 radical (unpaired) electrons. The molecule has 1 aromatic carbocycles. The van der Waals surface area contributed by atoms with Crippen LogP contribution in [0.5, 0.6) is 0 Å². The van der Waals surface area contributed by atoms with E-state index in [-0.39, 0.29) is 11.5 Å². The van der Waals surface area contributed by atoms with Crippen LogP contribution in [0.3, 0.4) is 0 Å². The molecule has 8 heteroatoms. The van der Waals surface area contributed by atoms with Gasteiger partial charge in [-0.05, 0) is 43.4 Å². The molecule has 0 amide bonds. The first-order chi connectivity index (χ1) is 13.1. The standard InChI is InChI=1S/C19H17F2N5S/c1-11-9-26-10-12(6-15(21)19(26)22-11)23-18-17-14(20)7-13(8-16(17)27-24-18)25-4-2-3-5-25/h6-10H,2-5H2,1H3,(H,23,24). The van der Waals surface area contributed by atoms with Crippen molar-refractivity contribution in [2.24, 2.45) is 0 Å². The zero-order valence-electron chi connectivity index (χ0n) is 14.7. The molecule has 4 heterocycles. The molecular formula is C19H17F2N5S. The van der Waals surface area contributed by atoms with Gasteiger partial charge in [0.1, 0.15) is 5.82 Å². The van der Waals surface area contributed by atoms with E-state index in [1.54, 1.807) is 29.8 Å². The van der Waals surface area contributed by atoms with Crippen LogP contribution < -0.4 is 10.2 Å². The van der Waals surface area contributed by atoms with Crippen molar-refractivity contribution in [1.82, 2.24) is 13.8 Å². The molecule has 1 aliphatic heterocycles. The van der Waals surface area contributed by atoms with Gasteiger partial charge in [-0.3, -0.25) is 0 Å². The Labute approximate surface area is 158 Å². The van der Waals surface area contributed by atoms with Crippen molar-refractivity contribution in [3.8, 4) is 0 Å². The Morgan fingerprint density at radius 1 is 1.07 bits per heavy atom. The van der Waals surface area contributed by atoms with Crippen LogP contribution in [0.1, 0.15) is 18.5 Å². The number of nitrogens with zero attached hydrogens (tertiary/aromatic N) is 4. The van der Waals surface area contributed by atoms with Crippen molar-refractivity contribution in [3.63, 3.8) is 0 Å². The second kappa shape index (κ2) is 6.16. The first-order valence-corrected chi connectivity index (χ1v) is 9.61. The predicted octanol–water partition coefficient (Wildman–Crippen LogP) is 4.87. The van der Waals surface area contributed by atoms with Gasteiger partial charge < -0.3 is 14.6 Å². The average Bonchev–Trinajstić information content (AvgIpc) is 3.34. The SMILES string of the molecule is Cc1cn2cc(Nc3nsc4cc(N5CCCC5)cc(F)c34)cc(F)c2n1. The lowest BCUT2D eigenvalue weighted by Gasteiger charge is -2.17. The molecule has 1 aliphatic rings. The summed E-state index contributed by atoms with van der Waals surface area (Å²) in [5.74, 6) is -0.355. The van der Waals surface area contributed by atoms with Crippen molar-refractivity contribution in [1.29, 1.82) is 0 Å². The van der Waals surface area contributed by atoms with Crippen molar-refractivity contribution < 1.29 is 8.78 Å². The normalized spacial score (nSPS) is 14.6. The molecule has 1 saturated heterocycles. The molecule has 3 aromatic heterocycles. The molecule has 0 saturated carbocycles. The van der Waals surface area contributed by atoms with Crippen molar-refractivity contribution >= 4 is 44.5 Å². The van der Waals surface area contributed by atoms with Gasteiger partial charge in [0, 0.05) is 37.2 Å². The molecule has 5 rings (SSSR count). The maximum Gasteiger partial charge on any atom is 0.173 e. The van der Waals surface area contributed by atoms with Gasteiger partial charge in [0.05, 0.1) is 21.5 Å². The number of hydrogen-bond acceptors (Lipinski definition) is 5. The summed E-state index contributed by atoms with van der Waals surface area (Å²) in [6, 6.07) is 4.90. The van der Waals surface area contributed by atoms with Gasteiger partial charge in [-0.25, -0.2) is 13.8 Å². The Hall–Kier alpha value is -2.74. The number of rotatable bonds is 3.